The van der Waals surface area contributed by atoms with E-state index in [1.54, 1.807) is 6.07 Å². The molecule has 2 aromatic rings. The van der Waals surface area contributed by atoms with Crippen molar-refractivity contribution < 1.29 is 4.74 Å². The third kappa shape index (κ3) is 7.57. The summed E-state index contributed by atoms with van der Waals surface area (Å²) >= 11 is 12.0. The van der Waals surface area contributed by atoms with E-state index in [1.165, 1.54) is 44.1 Å². The molecular weight excluding hydrogens is 365 g/mol. The Hall–Kier alpha value is -1.22. The van der Waals surface area contributed by atoms with Crippen LogP contribution in [0.15, 0.2) is 42.5 Å². The molecule has 4 heteroatoms. The van der Waals surface area contributed by atoms with Gasteiger partial charge in [0.15, 0.2) is 0 Å². The lowest BCUT2D eigenvalue weighted by atomic mass is 10.1. The zero-order valence-electron chi connectivity index (χ0n) is 15.6. The SMILES string of the molecule is CCCCCCCCNCc1ccccc1OCc1ccc(Cl)c(Cl)c1. The number of nitrogens with one attached hydrogen (secondary N) is 1. The minimum absolute atomic E-state index is 0.478. The van der Waals surface area contributed by atoms with Crippen LogP contribution >= 0.6 is 23.2 Å². The Labute approximate surface area is 167 Å². The summed E-state index contributed by atoms with van der Waals surface area (Å²) in [5.74, 6) is 0.911. The van der Waals surface area contributed by atoms with Gasteiger partial charge in [0.2, 0.25) is 0 Å². The van der Waals surface area contributed by atoms with E-state index in [4.69, 9.17) is 27.9 Å². The lowest BCUT2D eigenvalue weighted by Gasteiger charge is -2.13. The van der Waals surface area contributed by atoms with Gasteiger partial charge in [-0.3, -0.25) is 0 Å². The summed E-state index contributed by atoms with van der Waals surface area (Å²) in [6, 6.07) is 13.8. The first kappa shape index (κ1) is 21.1. The monoisotopic (exact) mass is 393 g/mol. The van der Waals surface area contributed by atoms with Crippen molar-refractivity contribution in [1.29, 1.82) is 0 Å². The van der Waals surface area contributed by atoms with Gasteiger partial charge in [-0.05, 0) is 36.7 Å². The fourth-order valence-corrected chi connectivity index (χ4v) is 3.16. The number of para-hydroxylation sites is 1. The van der Waals surface area contributed by atoms with Gasteiger partial charge in [0, 0.05) is 12.1 Å². The summed E-state index contributed by atoms with van der Waals surface area (Å²) in [5.41, 5.74) is 2.19. The smallest absolute Gasteiger partial charge is 0.124 e. The number of halogens is 2. The van der Waals surface area contributed by atoms with Crippen LogP contribution in [0, 0.1) is 0 Å². The van der Waals surface area contributed by atoms with Crippen molar-refractivity contribution in [3.63, 3.8) is 0 Å². The molecule has 0 atom stereocenters. The molecule has 0 unspecified atom stereocenters. The number of hydrogen-bond acceptors (Lipinski definition) is 2. The second-order valence-corrected chi connectivity index (χ2v) is 7.40. The molecule has 0 spiro atoms. The van der Waals surface area contributed by atoms with Gasteiger partial charge in [-0.15, -0.1) is 0 Å². The average molecular weight is 394 g/mol. The highest BCUT2D eigenvalue weighted by atomic mass is 35.5. The number of hydrogen-bond donors (Lipinski definition) is 1. The van der Waals surface area contributed by atoms with Gasteiger partial charge < -0.3 is 10.1 Å². The Morgan fingerprint density at radius 3 is 2.46 bits per heavy atom. The van der Waals surface area contributed by atoms with Crippen molar-refractivity contribution in [2.45, 2.75) is 58.6 Å². The molecule has 0 fully saturated rings. The molecule has 142 valence electrons. The van der Waals surface area contributed by atoms with E-state index in [2.05, 4.69) is 18.3 Å². The summed E-state index contributed by atoms with van der Waals surface area (Å²) in [4.78, 5) is 0. The van der Waals surface area contributed by atoms with Crippen molar-refractivity contribution >= 4 is 23.2 Å². The van der Waals surface area contributed by atoms with Gasteiger partial charge in [-0.25, -0.2) is 0 Å². The number of unbranched alkanes of at least 4 members (excludes halogenated alkanes) is 5. The van der Waals surface area contributed by atoms with E-state index >= 15 is 0 Å². The van der Waals surface area contributed by atoms with Gasteiger partial charge in [-0.1, -0.05) is 86.5 Å². The van der Waals surface area contributed by atoms with Crippen LogP contribution in [0.1, 0.15) is 56.6 Å². The van der Waals surface area contributed by atoms with Crippen molar-refractivity contribution in [2.75, 3.05) is 6.54 Å². The molecule has 1 N–H and O–H groups in total. The highest BCUT2D eigenvalue weighted by molar-refractivity contribution is 6.42. The maximum absolute atomic E-state index is 6.07. The van der Waals surface area contributed by atoms with Crippen molar-refractivity contribution in [3.8, 4) is 5.75 Å². The van der Waals surface area contributed by atoms with E-state index < -0.39 is 0 Å². The van der Waals surface area contributed by atoms with Gasteiger partial charge in [-0.2, -0.15) is 0 Å². The minimum Gasteiger partial charge on any atom is -0.489 e. The second-order valence-electron chi connectivity index (χ2n) is 6.59. The van der Waals surface area contributed by atoms with Gasteiger partial charge >= 0.3 is 0 Å². The normalized spacial score (nSPS) is 10.9. The average Bonchev–Trinajstić information content (AvgIpc) is 2.65. The second kappa shape index (κ2) is 12.2. The predicted octanol–water partition coefficient (Wildman–Crippen LogP) is 7.02. The van der Waals surface area contributed by atoms with Crippen LogP contribution in [-0.2, 0) is 13.2 Å². The zero-order chi connectivity index (χ0) is 18.6. The molecule has 2 rings (SSSR count). The molecule has 2 nitrogen and oxygen atoms in total. The predicted molar refractivity (Wildman–Crippen MR) is 112 cm³/mol. The number of benzene rings is 2. The fraction of sp³-hybridized carbons (Fsp3) is 0.455. The maximum Gasteiger partial charge on any atom is 0.124 e. The molecule has 0 aliphatic rings. The molecule has 0 bridgehead atoms. The highest BCUT2D eigenvalue weighted by Crippen LogP contribution is 2.24. The highest BCUT2D eigenvalue weighted by Gasteiger charge is 2.05. The Morgan fingerprint density at radius 1 is 0.885 bits per heavy atom. The van der Waals surface area contributed by atoms with Crippen LogP contribution in [0.5, 0.6) is 5.75 Å². The molecule has 0 aliphatic carbocycles. The summed E-state index contributed by atoms with van der Waals surface area (Å²) in [6.07, 6.45) is 7.91. The quantitative estimate of drug-likeness (QED) is 0.391. The molecule has 0 aromatic heterocycles. The maximum atomic E-state index is 6.07. The standard InChI is InChI=1S/C22H29Cl2NO/c1-2-3-4-5-6-9-14-25-16-19-10-7-8-11-22(19)26-17-18-12-13-20(23)21(24)15-18/h7-8,10-13,15,25H,2-6,9,14,16-17H2,1H3. The molecule has 0 radical (unpaired) electrons. The van der Waals surface area contributed by atoms with Crippen molar-refractivity contribution in [2.24, 2.45) is 0 Å². The van der Waals surface area contributed by atoms with Crippen LogP contribution < -0.4 is 10.1 Å². The molecule has 26 heavy (non-hydrogen) atoms. The summed E-state index contributed by atoms with van der Waals surface area (Å²) in [6.45, 7) is 4.60. The first-order valence-corrected chi connectivity index (χ1v) is 10.3. The van der Waals surface area contributed by atoms with Crippen molar-refractivity contribution in [1.82, 2.24) is 5.32 Å². The van der Waals surface area contributed by atoms with E-state index in [0.29, 0.717) is 16.7 Å². The van der Waals surface area contributed by atoms with Crippen LogP contribution in [0.25, 0.3) is 0 Å². The Balaban J connectivity index is 1.75. The lowest BCUT2D eigenvalue weighted by Crippen LogP contribution is -2.15. The molecule has 0 saturated heterocycles. The molecule has 0 aliphatic heterocycles. The summed E-state index contributed by atoms with van der Waals surface area (Å²) in [7, 11) is 0. The number of rotatable bonds is 12. The molecular formula is C22H29Cl2NO. The summed E-state index contributed by atoms with van der Waals surface area (Å²) < 4.78 is 6.00. The third-order valence-electron chi connectivity index (χ3n) is 4.37. The van der Waals surface area contributed by atoms with Gasteiger partial charge in [0.25, 0.3) is 0 Å². The molecule has 0 saturated carbocycles. The zero-order valence-corrected chi connectivity index (χ0v) is 17.1. The topological polar surface area (TPSA) is 21.3 Å². The third-order valence-corrected chi connectivity index (χ3v) is 5.11. The molecule has 0 heterocycles. The Morgan fingerprint density at radius 2 is 1.65 bits per heavy atom. The van der Waals surface area contributed by atoms with Gasteiger partial charge in [0.1, 0.15) is 12.4 Å². The minimum atomic E-state index is 0.478. The van der Waals surface area contributed by atoms with E-state index in [9.17, 15) is 0 Å². The van der Waals surface area contributed by atoms with E-state index in [1.807, 2.05) is 30.3 Å². The lowest BCUT2D eigenvalue weighted by molar-refractivity contribution is 0.302. The first-order valence-electron chi connectivity index (χ1n) is 9.56. The van der Waals surface area contributed by atoms with Crippen LogP contribution in [0.3, 0.4) is 0 Å². The van der Waals surface area contributed by atoms with Crippen LogP contribution in [0.4, 0.5) is 0 Å². The number of ether oxygens (including phenoxy) is 1. The summed E-state index contributed by atoms with van der Waals surface area (Å²) in [5, 5.41) is 4.65. The molecule has 0 amide bonds. The first-order chi connectivity index (χ1) is 12.7. The molecule has 2 aromatic carbocycles. The Bertz CT molecular complexity index is 660. The van der Waals surface area contributed by atoms with Gasteiger partial charge in [0.05, 0.1) is 10.0 Å². The van der Waals surface area contributed by atoms with Crippen LogP contribution in [0.2, 0.25) is 10.0 Å². The van der Waals surface area contributed by atoms with E-state index in [0.717, 1.165) is 24.4 Å². The Kier molecular flexibility index (Phi) is 9.91. The van der Waals surface area contributed by atoms with Crippen LogP contribution in [-0.4, -0.2) is 6.54 Å². The van der Waals surface area contributed by atoms with E-state index in [-0.39, 0.29) is 0 Å². The van der Waals surface area contributed by atoms with Crippen molar-refractivity contribution in [3.05, 3.63) is 63.6 Å². The fourth-order valence-electron chi connectivity index (χ4n) is 2.83. The largest absolute Gasteiger partial charge is 0.489 e.